The Morgan fingerprint density at radius 1 is 1.08 bits per heavy atom. The van der Waals surface area contributed by atoms with Crippen LogP contribution in [0.25, 0.3) is 0 Å². The number of nitrogens with zero attached hydrogens (tertiary/aromatic N) is 3. The van der Waals surface area contributed by atoms with Gasteiger partial charge in [0.1, 0.15) is 5.82 Å². The molecule has 138 valence electrons. The first-order valence-corrected chi connectivity index (χ1v) is 11.1. The monoisotopic (exact) mass is 371 g/mol. The van der Waals surface area contributed by atoms with Crippen LogP contribution in [-0.2, 0) is 15.6 Å². The molecule has 0 radical (unpaired) electrons. The minimum Gasteiger partial charge on any atom is -0.356 e. The number of aromatic nitrogens is 1. The number of sulfone groups is 1. The highest BCUT2D eigenvalue weighted by molar-refractivity contribution is 7.89. The predicted molar refractivity (Wildman–Crippen MR) is 104 cm³/mol. The van der Waals surface area contributed by atoms with E-state index in [-0.39, 0.29) is 5.75 Å². The molecule has 5 nitrogen and oxygen atoms in total. The highest BCUT2D eigenvalue weighted by Gasteiger charge is 2.46. The van der Waals surface area contributed by atoms with E-state index < -0.39 is 9.84 Å². The van der Waals surface area contributed by atoms with Crippen molar-refractivity contribution in [2.75, 3.05) is 37.8 Å². The number of rotatable bonds is 4. The van der Waals surface area contributed by atoms with Crippen molar-refractivity contribution in [3.8, 4) is 0 Å². The maximum absolute atomic E-state index is 11.4. The Bertz CT molecular complexity index is 868. The summed E-state index contributed by atoms with van der Waals surface area (Å²) < 4.78 is 22.9. The van der Waals surface area contributed by atoms with Gasteiger partial charge in [-0.3, -0.25) is 4.90 Å². The van der Waals surface area contributed by atoms with E-state index in [1.807, 2.05) is 12.1 Å². The number of benzene rings is 1. The molecule has 1 aromatic heterocycles. The van der Waals surface area contributed by atoms with Gasteiger partial charge < -0.3 is 4.90 Å². The lowest BCUT2D eigenvalue weighted by molar-refractivity contribution is 0.280. The number of likely N-dealkylation sites (tertiary alicyclic amines) is 1. The number of hydrogen-bond acceptors (Lipinski definition) is 5. The summed E-state index contributed by atoms with van der Waals surface area (Å²) in [7, 11) is -0.804. The smallest absolute Gasteiger partial charge is 0.151 e. The molecule has 0 aliphatic carbocycles. The summed E-state index contributed by atoms with van der Waals surface area (Å²) in [6.45, 7) is 3.11. The molecule has 4 rings (SSSR count). The van der Waals surface area contributed by atoms with Crippen LogP contribution in [0.4, 0.5) is 5.82 Å². The van der Waals surface area contributed by atoms with Crippen LogP contribution < -0.4 is 4.90 Å². The lowest BCUT2D eigenvalue weighted by Gasteiger charge is -2.27. The lowest BCUT2D eigenvalue weighted by atomic mass is 9.90. The van der Waals surface area contributed by atoms with Crippen LogP contribution in [0.3, 0.4) is 0 Å². The van der Waals surface area contributed by atoms with Gasteiger partial charge in [0.15, 0.2) is 9.84 Å². The summed E-state index contributed by atoms with van der Waals surface area (Å²) in [5.74, 6) is 2.24. The molecule has 2 fully saturated rings. The molecule has 3 heterocycles. The number of hydrogen-bond donors (Lipinski definition) is 0. The molecule has 0 unspecified atom stereocenters. The molecule has 2 aliphatic heterocycles. The molecule has 1 aromatic carbocycles. The van der Waals surface area contributed by atoms with Gasteiger partial charge >= 0.3 is 0 Å². The maximum Gasteiger partial charge on any atom is 0.151 e. The second-order valence-electron chi connectivity index (χ2n) is 7.72. The maximum atomic E-state index is 11.4. The summed E-state index contributed by atoms with van der Waals surface area (Å²) >= 11 is 0. The van der Waals surface area contributed by atoms with Gasteiger partial charge in [-0.1, -0.05) is 36.4 Å². The summed E-state index contributed by atoms with van der Waals surface area (Å²) in [6, 6.07) is 15.1. The van der Waals surface area contributed by atoms with Crippen molar-refractivity contribution in [3.63, 3.8) is 0 Å². The molecule has 3 atom stereocenters. The molecule has 0 amide bonds. The van der Waals surface area contributed by atoms with Gasteiger partial charge in [-0.15, -0.1) is 0 Å². The molecule has 6 heteroatoms. The van der Waals surface area contributed by atoms with E-state index in [9.17, 15) is 8.42 Å². The number of fused-ring (bicyclic) bond motifs is 1. The van der Waals surface area contributed by atoms with Gasteiger partial charge in [-0.05, 0) is 30.2 Å². The van der Waals surface area contributed by atoms with Crippen LogP contribution in [0.2, 0.25) is 0 Å². The fourth-order valence-electron chi connectivity index (χ4n) is 4.59. The van der Waals surface area contributed by atoms with Crippen molar-refractivity contribution in [2.24, 2.45) is 11.8 Å². The summed E-state index contributed by atoms with van der Waals surface area (Å²) in [6.07, 6.45) is 2.95. The van der Waals surface area contributed by atoms with Crippen molar-refractivity contribution in [3.05, 3.63) is 59.8 Å². The van der Waals surface area contributed by atoms with Crippen LogP contribution in [0.15, 0.2) is 48.7 Å². The molecule has 26 heavy (non-hydrogen) atoms. The lowest BCUT2D eigenvalue weighted by Crippen LogP contribution is -2.29. The molecule has 2 aliphatic rings. The SMILES string of the molecule is CN1C[C@H]2CN(c3ccc(CS(C)(=O)=O)cn3)C[C@H]2[C@@H]1c1ccccc1. The third-order valence-corrected chi connectivity index (χ3v) is 6.46. The zero-order valence-corrected chi connectivity index (χ0v) is 16.1. The molecule has 2 saturated heterocycles. The fourth-order valence-corrected chi connectivity index (χ4v) is 5.36. The van der Waals surface area contributed by atoms with Crippen molar-refractivity contribution < 1.29 is 8.42 Å². The van der Waals surface area contributed by atoms with E-state index in [1.165, 1.54) is 11.8 Å². The van der Waals surface area contributed by atoms with Gasteiger partial charge in [-0.25, -0.2) is 13.4 Å². The molecular formula is C20H25N3O2S. The van der Waals surface area contributed by atoms with Crippen molar-refractivity contribution in [2.45, 2.75) is 11.8 Å². The van der Waals surface area contributed by atoms with E-state index in [2.05, 4.69) is 52.2 Å². The van der Waals surface area contributed by atoms with Gasteiger partial charge in [0, 0.05) is 44.0 Å². The second kappa shape index (κ2) is 6.67. The average Bonchev–Trinajstić information content (AvgIpc) is 3.11. The average molecular weight is 372 g/mol. The molecule has 0 saturated carbocycles. The summed E-state index contributed by atoms with van der Waals surface area (Å²) in [5, 5.41) is 0. The highest BCUT2D eigenvalue weighted by atomic mass is 32.2. The summed E-state index contributed by atoms with van der Waals surface area (Å²) in [5.41, 5.74) is 2.14. The van der Waals surface area contributed by atoms with E-state index in [4.69, 9.17) is 0 Å². The molecule has 0 spiro atoms. The van der Waals surface area contributed by atoms with Crippen LogP contribution in [-0.4, -0.2) is 51.2 Å². The van der Waals surface area contributed by atoms with E-state index in [1.54, 1.807) is 6.20 Å². The first kappa shape index (κ1) is 17.5. The first-order chi connectivity index (χ1) is 12.4. The first-order valence-electron chi connectivity index (χ1n) is 9.03. The van der Waals surface area contributed by atoms with Crippen LogP contribution in [0.1, 0.15) is 17.2 Å². The van der Waals surface area contributed by atoms with E-state index in [0.29, 0.717) is 17.9 Å². The third kappa shape index (κ3) is 3.48. The Balaban J connectivity index is 1.50. The van der Waals surface area contributed by atoms with Gasteiger partial charge in [0.05, 0.1) is 5.75 Å². The van der Waals surface area contributed by atoms with Crippen molar-refractivity contribution >= 4 is 15.7 Å². The molecule has 2 aromatic rings. The van der Waals surface area contributed by atoms with Crippen LogP contribution in [0, 0.1) is 11.8 Å². The number of pyridine rings is 1. The van der Waals surface area contributed by atoms with Crippen molar-refractivity contribution in [1.82, 2.24) is 9.88 Å². The minimum absolute atomic E-state index is 0.0480. The Labute approximate surface area is 155 Å². The zero-order chi connectivity index (χ0) is 18.3. The highest BCUT2D eigenvalue weighted by Crippen LogP contribution is 2.44. The van der Waals surface area contributed by atoms with E-state index in [0.717, 1.165) is 31.0 Å². The normalized spacial score (nSPS) is 26.2. The quantitative estimate of drug-likeness (QED) is 0.826. The Hall–Kier alpha value is -1.92. The topological polar surface area (TPSA) is 53.5 Å². The summed E-state index contributed by atoms with van der Waals surface area (Å²) in [4.78, 5) is 9.36. The minimum atomic E-state index is -3.02. The number of anilines is 1. The van der Waals surface area contributed by atoms with Crippen LogP contribution >= 0.6 is 0 Å². The molecular weight excluding hydrogens is 346 g/mol. The van der Waals surface area contributed by atoms with Gasteiger partial charge in [0.25, 0.3) is 0 Å². The third-order valence-electron chi connectivity index (χ3n) is 5.60. The zero-order valence-electron chi connectivity index (χ0n) is 15.2. The fraction of sp³-hybridized carbons (Fsp3) is 0.450. The Morgan fingerprint density at radius 2 is 1.85 bits per heavy atom. The predicted octanol–water partition coefficient (Wildman–Crippen LogP) is 2.37. The molecule has 0 N–H and O–H groups in total. The van der Waals surface area contributed by atoms with Gasteiger partial charge in [0.2, 0.25) is 0 Å². The Morgan fingerprint density at radius 3 is 2.50 bits per heavy atom. The standard InChI is InChI=1S/C20H25N3O2S/c1-22-11-17-12-23(13-18(17)20(22)16-6-4-3-5-7-16)19-9-8-15(10-21-19)14-26(2,24)25/h3-10,17-18,20H,11-14H2,1-2H3/t17-,18+,20-/m0/s1. The van der Waals surface area contributed by atoms with Crippen molar-refractivity contribution in [1.29, 1.82) is 0 Å². The second-order valence-corrected chi connectivity index (χ2v) is 9.86. The van der Waals surface area contributed by atoms with Gasteiger partial charge in [-0.2, -0.15) is 0 Å². The van der Waals surface area contributed by atoms with Crippen LogP contribution in [0.5, 0.6) is 0 Å². The largest absolute Gasteiger partial charge is 0.356 e. The Kier molecular flexibility index (Phi) is 4.49. The molecule has 0 bridgehead atoms. The van der Waals surface area contributed by atoms with E-state index >= 15 is 0 Å².